The molecule has 5 nitrogen and oxygen atoms in total. The molecular weight excluding hydrogens is 272 g/mol. The maximum absolute atomic E-state index is 5.59. The van der Waals surface area contributed by atoms with Crippen molar-refractivity contribution in [3.63, 3.8) is 0 Å². The second-order valence-electron chi connectivity index (χ2n) is 3.31. The van der Waals surface area contributed by atoms with E-state index in [-0.39, 0.29) is 0 Å². The molecule has 0 unspecified atom stereocenters. The number of hydrogen-bond acceptors (Lipinski definition) is 5. The molecule has 0 saturated heterocycles. The Morgan fingerprint density at radius 1 is 1.44 bits per heavy atom. The molecule has 0 aliphatic heterocycles. The third-order valence-electron chi connectivity index (χ3n) is 1.93. The van der Waals surface area contributed by atoms with Gasteiger partial charge in [0.25, 0.3) is 0 Å². The monoisotopic (exact) mass is 282 g/mol. The first-order chi connectivity index (χ1) is 7.63. The number of nitrogens with two attached hydrogens (primary N) is 1. The molecule has 2 aromatic heterocycles. The van der Waals surface area contributed by atoms with Crippen molar-refractivity contribution in [2.75, 3.05) is 11.1 Å². The van der Waals surface area contributed by atoms with Crippen molar-refractivity contribution in [1.82, 2.24) is 9.97 Å². The Morgan fingerprint density at radius 2 is 2.25 bits per heavy atom. The Bertz CT molecular complexity index is 477. The van der Waals surface area contributed by atoms with Gasteiger partial charge in [-0.25, -0.2) is 4.98 Å². The third kappa shape index (κ3) is 2.73. The van der Waals surface area contributed by atoms with Crippen molar-refractivity contribution < 1.29 is 4.42 Å². The Morgan fingerprint density at radius 3 is 2.88 bits per heavy atom. The predicted octanol–water partition coefficient (Wildman–Crippen LogP) is 2.33. The Labute approximate surface area is 101 Å². The molecule has 2 rings (SSSR count). The molecule has 0 bridgehead atoms. The summed E-state index contributed by atoms with van der Waals surface area (Å²) in [5.41, 5.74) is 5.59. The first kappa shape index (κ1) is 10.9. The molecule has 0 saturated carbocycles. The van der Waals surface area contributed by atoms with Gasteiger partial charge in [-0.3, -0.25) is 0 Å². The van der Waals surface area contributed by atoms with E-state index in [4.69, 9.17) is 10.2 Å². The van der Waals surface area contributed by atoms with E-state index < -0.39 is 0 Å². The summed E-state index contributed by atoms with van der Waals surface area (Å²) in [6, 6.07) is 5.46. The number of nitrogens with zero attached hydrogens (tertiary/aromatic N) is 2. The number of halogens is 1. The Balaban J connectivity index is 2.04. The number of nitrogens with one attached hydrogen (secondary N) is 1. The van der Waals surface area contributed by atoms with E-state index in [9.17, 15) is 0 Å². The largest absolute Gasteiger partial charge is 0.465 e. The van der Waals surface area contributed by atoms with E-state index >= 15 is 0 Å². The van der Waals surface area contributed by atoms with Gasteiger partial charge in [-0.1, -0.05) is 0 Å². The summed E-state index contributed by atoms with van der Waals surface area (Å²) in [7, 11) is 0. The van der Waals surface area contributed by atoms with Crippen molar-refractivity contribution in [3.05, 3.63) is 34.3 Å². The maximum Gasteiger partial charge on any atom is 0.226 e. The minimum Gasteiger partial charge on any atom is -0.465 e. The molecule has 16 heavy (non-hydrogen) atoms. The van der Waals surface area contributed by atoms with Gasteiger partial charge in [-0.2, -0.15) is 4.98 Å². The fourth-order valence-corrected chi connectivity index (χ4v) is 1.66. The fourth-order valence-electron chi connectivity index (χ4n) is 1.26. The van der Waals surface area contributed by atoms with E-state index in [0.29, 0.717) is 22.9 Å². The summed E-state index contributed by atoms with van der Waals surface area (Å²) >= 11 is 3.25. The highest BCUT2D eigenvalue weighted by Gasteiger charge is 2.02. The van der Waals surface area contributed by atoms with Crippen LogP contribution in [0.15, 0.2) is 27.2 Å². The first-order valence-corrected chi connectivity index (χ1v) is 5.52. The second-order valence-corrected chi connectivity index (χ2v) is 4.12. The van der Waals surface area contributed by atoms with E-state index in [2.05, 4.69) is 31.2 Å². The van der Waals surface area contributed by atoms with Crippen LogP contribution in [0.25, 0.3) is 0 Å². The van der Waals surface area contributed by atoms with Crippen LogP contribution in [0.2, 0.25) is 0 Å². The van der Waals surface area contributed by atoms with Crippen LogP contribution in [-0.4, -0.2) is 9.97 Å². The molecule has 0 fully saturated rings. The minimum absolute atomic E-state index is 0.417. The van der Waals surface area contributed by atoms with Crippen molar-refractivity contribution >= 4 is 27.7 Å². The number of aromatic nitrogens is 2. The average molecular weight is 283 g/mol. The smallest absolute Gasteiger partial charge is 0.226 e. The molecule has 0 aromatic carbocycles. The number of aryl methyl sites for hydroxylation is 1. The van der Waals surface area contributed by atoms with Gasteiger partial charge in [0, 0.05) is 6.07 Å². The summed E-state index contributed by atoms with van der Waals surface area (Å²) in [5, 5.41) is 3.03. The average Bonchev–Trinajstić information content (AvgIpc) is 2.60. The number of furan rings is 1. The lowest BCUT2D eigenvalue weighted by Crippen LogP contribution is -2.04. The normalized spacial score (nSPS) is 10.4. The zero-order chi connectivity index (χ0) is 11.5. The topological polar surface area (TPSA) is 77.0 Å². The molecular formula is C10H11BrN4O. The van der Waals surface area contributed by atoms with Crippen molar-refractivity contribution in [2.24, 2.45) is 0 Å². The maximum atomic E-state index is 5.59. The van der Waals surface area contributed by atoms with Crippen molar-refractivity contribution in [2.45, 2.75) is 13.5 Å². The zero-order valence-corrected chi connectivity index (χ0v) is 10.3. The van der Waals surface area contributed by atoms with Gasteiger partial charge in [-0.15, -0.1) is 0 Å². The lowest BCUT2D eigenvalue weighted by Gasteiger charge is -2.03. The van der Waals surface area contributed by atoms with E-state index in [0.717, 1.165) is 11.5 Å². The highest BCUT2D eigenvalue weighted by molar-refractivity contribution is 9.10. The summed E-state index contributed by atoms with van der Waals surface area (Å²) in [5.74, 6) is 2.60. The van der Waals surface area contributed by atoms with Gasteiger partial charge in [0.05, 0.1) is 6.54 Å². The summed E-state index contributed by atoms with van der Waals surface area (Å²) < 4.78 is 6.06. The quantitative estimate of drug-likeness (QED) is 0.845. The SMILES string of the molecule is Cc1ccc(CNc2nc(N)cc(Br)n2)o1. The Hall–Kier alpha value is -1.56. The van der Waals surface area contributed by atoms with Crippen LogP contribution in [0.3, 0.4) is 0 Å². The van der Waals surface area contributed by atoms with Gasteiger partial charge in [-0.05, 0) is 35.0 Å². The third-order valence-corrected chi connectivity index (χ3v) is 2.34. The van der Waals surface area contributed by atoms with Crippen LogP contribution in [0.5, 0.6) is 0 Å². The van der Waals surface area contributed by atoms with Gasteiger partial charge in [0.15, 0.2) is 0 Å². The standard InChI is InChI=1S/C10H11BrN4O/c1-6-2-3-7(16-6)5-13-10-14-8(11)4-9(12)15-10/h2-4H,5H2,1H3,(H3,12,13,14,15). The summed E-state index contributed by atoms with van der Waals surface area (Å²) in [6.07, 6.45) is 0. The number of rotatable bonds is 3. The van der Waals surface area contributed by atoms with Gasteiger partial charge in [0.2, 0.25) is 5.95 Å². The molecule has 0 radical (unpaired) electrons. The molecule has 3 N–H and O–H groups in total. The molecule has 2 heterocycles. The van der Waals surface area contributed by atoms with Crippen molar-refractivity contribution in [3.8, 4) is 0 Å². The number of nitrogen functional groups attached to an aromatic ring is 1. The summed E-state index contributed by atoms with van der Waals surface area (Å²) in [4.78, 5) is 8.17. The van der Waals surface area contributed by atoms with Crippen LogP contribution in [0, 0.1) is 6.92 Å². The zero-order valence-electron chi connectivity index (χ0n) is 8.70. The molecule has 84 valence electrons. The van der Waals surface area contributed by atoms with Crippen LogP contribution in [0.1, 0.15) is 11.5 Å². The Kier molecular flexibility index (Phi) is 3.09. The van der Waals surface area contributed by atoms with Crippen LogP contribution < -0.4 is 11.1 Å². The lowest BCUT2D eigenvalue weighted by atomic mass is 10.4. The van der Waals surface area contributed by atoms with Crippen molar-refractivity contribution in [1.29, 1.82) is 0 Å². The van der Waals surface area contributed by atoms with Crippen LogP contribution >= 0.6 is 15.9 Å². The van der Waals surface area contributed by atoms with E-state index in [1.165, 1.54) is 0 Å². The van der Waals surface area contributed by atoms with Crippen LogP contribution in [0.4, 0.5) is 11.8 Å². The van der Waals surface area contributed by atoms with E-state index in [1.807, 2.05) is 19.1 Å². The minimum atomic E-state index is 0.417. The molecule has 2 aromatic rings. The lowest BCUT2D eigenvalue weighted by molar-refractivity contribution is 0.490. The van der Waals surface area contributed by atoms with Gasteiger partial charge in [0.1, 0.15) is 21.9 Å². The van der Waals surface area contributed by atoms with Gasteiger partial charge >= 0.3 is 0 Å². The molecule has 0 aliphatic rings. The molecule has 0 amide bonds. The summed E-state index contributed by atoms with van der Waals surface area (Å²) in [6.45, 7) is 2.43. The molecule has 0 aliphatic carbocycles. The van der Waals surface area contributed by atoms with Crippen LogP contribution in [-0.2, 0) is 6.54 Å². The highest BCUT2D eigenvalue weighted by atomic mass is 79.9. The first-order valence-electron chi connectivity index (χ1n) is 4.73. The van der Waals surface area contributed by atoms with E-state index in [1.54, 1.807) is 6.07 Å². The molecule has 0 atom stereocenters. The fraction of sp³-hybridized carbons (Fsp3) is 0.200. The second kappa shape index (κ2) is 4.52. The molecule has 6 heteroatoms. The highest BCUT2D eigenvalue weighted by Crippen LogP contribution is 2.13. The molecule has 0 spiro atoms. The number of hydrogen-bond donors (Lipinski definition) is 2. The number of anilines is 2. The van der Waals surface area contributed by atoms with Gasteiger partial charge < -0.3 is 15.5 Å². The predicted molar refractivity (Wildman–Crippen MR) is 64.9 cm³/mol.